The van der Waals surface area contributed by atoms with Gasteiger partial charge in [0, 0.05) is 46.9 Å². The van der Waals surface area contributed by atoms with Gasteiger partial charge in [0.1, 0.15) is 5.82 Å². The number of hydrogen-bond acceptors (Lipinski definition) is 3. The number of alkyl halides is 3. The molecule has 1 heterocycles. The topological polar surface area (TPSA) is 46.2 Å². The fraction of sp³-hybridized carbons (Fsp3) is 0.455. The zero-order valence-corrected chi connectivity index (χ0v) is 17.2. The summed E-state index contributed by atoms with van der Waals surface area (Å²) in [6, 6.07) is 1.21. The summed E-state index contributed by atoms with van der Waals surface area (Å²) in [6.45, 7) is 3.80. The van der Waals surface area contributed by atoms with Gasteiger partial charge in [0.25, 0.3) is 0 Å². The molecule has 0 spiro atoms. The highest BCUT2D eigenvalue weighted by molar-refractivity contribution is 6.31. The maximum Gasteiger partial charge on any atom is 0.416 e. The molecular formula is C22H20ClF4NO2. The number of carbonyl (C=O) groups excluding carboxylic acids is 2. The number of allylic oxidation sites excluding steroid dienone is 4. The molecule has 2 atom stereocenters. The molecule has 0 saturated heterocycles. The minimum atomic E-state index is -4.75. The number of nitrogens with one attached hydrogen (secondary N) is 1. The maximum atomic E-state index is 15.1. The van der Waals surface area contributed by atoms with Crippen LogP contribution in [-0.2, 0) is 15.8 Å². The number of dihydropyridines is 1. The van der Waals surface area contributed by atoms with Crippen LogP contribution < -0.4 is 5.32 Å². The summed E-state index contributed by atoms with van der Waals surface area (Å²) >= 11 is 5.82. The van der Waals surface area contributed by atoms with Gasteiger partial charge in [-0.15, -0.1) is 0 Å². The van der Waals surface area contributed by atoms with Crippen molar-refractivity contribution < 1.29 is 27.2 Å². The van der Waals surface area contributed by atoms with E-state index in [9.17, 15) is 22.8 Å². The van der Waals surface area contributed by atoms with E-state index in [1.54, 1.807) is 0 Å². The summed E-state index contributed by atoms with van der Waals surface area (Å²) in [5, 5.41) is 2.51. The van der Waals surface area contributed by atoms with Crippen molar-refractivity contribution in [2.75, 3.05) is 0 Å². The molecular weight excluding hydrogens is 422 g/mol. The Bertz CT molecular complexity index is 979. The van der Waals surface area contributed by atoms with Crippen molar-refractivity contribution in [3.05, 3.63) is 56.6 Å². The number of hydrogen-bond donors (Lipinski definition) is 1. The molecule has 1 aromatic rings. The molecule has 8 heteroatoms. The Balaban J connectivity index is 1.99. The Morgan fingerprint density at radius 3 is 1.90 bits per heavy atom. The van der Waals surface area contributed by atoms with E-state index in [2.05, 4.69) is 5.32 Å². The van der Waals surface area contributed by atoms with Gasteiger partial charge in [0.05, 0.1) is 10.6 Å². The molecule has 1 aliphatic heterocycles. The first-order chi connectivity index (χ1) is 14.0. The van der Waals surface area contributed by atoms with E-state index in [0.29, 0.717) is 36.4 Å². The van der Waals surface area contributed by atoms with E-state index in [0.717, 1.165) is 0 Å². The quantitative estimate of drug-likeness (QED) is 0.569. The molecule has 0 bridgehead atoms. The Hall–Kier alpha value is -2.15. The van der Waals surface area contributed by atoms with Gasteiger partial charge in [-0.25, -0.2) is 4.39 Å². The first kappa shape index (κ1) is 21.1. The lowest BCUT2D eigenvalue weighted by Crippen LogP contribution is -2.39. The summed E-state index contributed by atoms with van der Waals surface area (Å²) in [5.41, 5.74) is 0.0184. The minimum absolute atomic E-state index is 0.0400. The first-order valence-corrected chi connectivity index (χ1v) is 10.2. The van der Waals surface area contributed by atoms with Gasteiger partial charge in [0.2, 0.25) is 0 Å². The molecule has 0 aromatic heterocycles. The van der Waals surface area contributed by atoms with Crippen LogP contribution in [0.15, 0.2) is 34.7 Å². The van der Waals surface area contributed by atoms with Crippen molar-refractivity contribution >= 4 is 23.2 Å². The zero-order chi connectivity index (χ0) is 22.0. The van der Waals surface area contributed by atoms with Crippen LogP contribution in [0.4, 0.5) is 17.6 Å². The predicted octanol–water partition coefficient (Wildman–Crippen LogP) is 5.69. The molecule has 0 radical (unpaired) electrons. The fourth-order valence-electron chi connectivity index (χ4n) is 4.78. The molecule has 2 unspecified atom stereocenters. The van der Waals surface area contributed by atoms with Crippen LogP contribution in [0.5, 0.6) is 0 Å². The van der Waals surface area contributed by atoms with Gasteiger partial charge in [-0.1, -0.05) is 25.4 Å². The maximum absolute atomic E-state index is 15.1. The van der Waals surface area contributed by atoms with E-state index >= 15 is 4.39 Å². The average molecular weight is 442 g/mol. The Kier molecular flexibility index (Phi) is 5.08. The predicted molar refractivity (Wildman–Crippen MR) is 103 cm³/mol. The molecule has 30 heavy (non-hydrogen) atoms. The Labute approximate surface area is 176 Å². The largest absolute Gasteiger partial charge is 0.416 e. The molecule has 0 amide bonds. The second-order valence-corrected chi connectivity index (χ2v) is 8.98. The normalized spacial score (nSPS) is 27.1. The van der Waals surface area contributed by atoms with Crippen LogP contribution in [0.2, 0.25) is 5.02 Å². The van der Waals surface area contributed by atoms with Crippen LogP contribution >= 0.6 is 11.6 Å². The van der Waals surface area contributed by atoms with Crippen molar-refractivity contribution in [1.82, 2.24) is 5.32 Å². The van der Waals surface area contributed by atoms with Crippen molar-refractivity contribution in [3.8, 4) is 0 Å². The summed E-state index contributed by atoms with van der Waals surface area (Å²) in [5.74, 6) is -2.71. The van der Waals surface area contributed by atoms with Gasteiger partial charge >= 0.3 is 6.18 Å². The SMILES string of the molecule is CC1CC(=O)C2=C(C1)NC1=C(C(=O)CC(C)C1)C2c1cc(C(F)(F)F)cc(Cl)c1F. The number of rotatable bonds is 1. The zero-order valence-electron chi connectivity index (χ0n) is 16.4. The summed E-state index contributed by atoms with van der Waals surface area (Å²) in [6.07, 6.45) is -3.35. The van der Waals surface area contributed by atoms with Gasteiger partial charge in [-0.05, 0) is 36.8 Å². The minimum Gasteiger partial charge on any atom is -0.362 e. The molecule has 2 aliphatic carbocycles. The molecule has 4 rings (SSSR count). The monoisotopic (exact) mass is 441 g/mol. The number of ketones is 2. The van der Waals surface area contributed by atoms with E-state index < -0.39 is 28.5 Å². The second kappa shape index (κ2) is 7.22. The van der Waals surface area contributed by atoms with E-state index in [1.165, 1.54) is 0 Å². The molecule has 3 aliphatic rings. The van der Waals surface area contributed by atoms with E-state index in [1.807, 2.05) is 13.8 Å². The molecule has 0 saturated carbocycles. The van der Waals surface area contributed by atoms with Gasteiger partial charge in [-0.2, -0.15) is 13.2 Å². The lowest BCUT2D eigenvalue weighted by molar-refractivity contribution is -0.137. The van der Waals surface area contributed by atoms with Crippen LogP contribution in [0, 0.1) is 17.7 Å². The van der Waals surface area contributed by atoms with Crippen LogP contribution in [-0.4, -0.2) is 11.6 Å². The molecule has 3 nitrogen and oxygen atoms in total. The van der Waals surface area contributed by atoms with Crippen LogP contribution in [0.25, 0.3) is 0 Å². The van der Waals surface area contributed by atoms with E-state index in [4.69, 9.17) is 11.6 Å². The van der Waals surface area contributed by atoms with Crippen LogP contribution in [0.1, 0.15) is 56.6 Å². The van der Waals surface area contributed by atoms with E-state index in [-0.39, 0.29) is 53.0 Å². The molecule has 1 aromatic carbocycles. The fourth-order valence-corrected chi connectivity index (χ4v) is 5.01. The Morgan fingerprint density at radius 2 is 1.43 bits per heavy atom. The van der Waals surface area contributed by atoms with Crippen molar-refractivity contribution in [2.24, 2.45) is 11.8 Å². The van der Waals surface area contributed by atoms with Crippen molar-refractivity contribution in [3.63, 3.8) is 0 Å². The summed E-state index contributed by atoms with van der Waals surface area (Å²) < 4.78 is 55.3. The van der Waals surface area contributed by atoms with Gasteiger partial charge in [-0.3, -0.25) is 9.59 Å². The molecule has 1 N–H and O–H groups in total. The average Bonchev–Trinajstić information content (AvgIpc) is 2.60. The summed E-state index contributed by atoms with van der Waals surface area (Å²) in [7, 11) is 0. The first-order valence-electron chi connectivity index (χ1n) is 9.83. The number of halogens is 5. The van der Waals surface area contributed by atoms with Gasteiger partial charge in [0.15, 0.2) is 11.6 Å². The van der Waals surface area contributed by atoms with Crippen LogP contribution in [0.3, 0.4) is 0 Å². The highest BCUT2D eigenvalue weighted by Crippen LogP contribution is 2.49. The number of benzene rings is 1. The van der Waals surface area contributed by atoms with Crippen molar-refractivity contribution in [2.45, 2.75) is 51.6 Å². The second-order valence-electron chi connectivity index (χ2n) is 8.57. The lowest BCUT2D eigenvalue weighted by Gasteiger charge is -2.39. The Morgan fingerprint density at radius 1 is 0.933 bits per heavy atom. The number of carbonyl (C=O) groups is 2. The molecule has 0 fully saturated rings. The third-order valence-corrected chi connectivity index (χ3v) is 6.27. The highest BCUT2D eigenvalue weighted by atomic mass is 35.5. The third-order valence-electron chi connectivity index (χ3n) is 6.00. The highest BCUT2D eigenvalue weighted by Gasteiger charge is 2.44. The smallest absolute Gasteiger partial charge is 0.362 e. The van der Waals surface area contributed by atoms with Crippen molar-refractivity contribution in [1.29, 1.82) is 0 Å². The number of Topliss-reactive ketones (excluding diaryl/α,β-unsaturated/α-hetero) is 2. The lowest BCUT2D eigenvalue weighted by atomic mass is 9.69. The molecule has 160 valence electrons. The summed E-state index contributed by atoms with van der Waals surface area (Å²) in [4.78, 5) is 25.9. The third kappa shape index (κ3) is 3.47. The standard InChI is InChI=1S/C22H20ClF4NO2/c1-9-3-14-19(16(29)5-9)18(20-15(28-14)4-10(2)6-17(20)30)12-7-11(22(25,26)27)8-13(23)21(12)24/h7-10,18,28H,3-6H2,1-2H3. The van der Waals surface area contributed by atoms with Gasteiger partial charge < -0.3 is 5.32 Å².